The molecule has 2 rings (SSSR count). The van der Waals surface area contributed by atoms with E-state index in [9.17, 15) is 4.79 Å². The van der Waals surface area contributed by atoms with Gasteiger partial charge < -0.3 is 11.5 Å². The van der Waals surface area contributed by atoms with Crippen molar-refractivity contribution in [3.63, 3.8) is 0 Å². The quantitative estimate of drug-likeness (QED) is 0.845. The first-order chi connectivity index (χ1) is 8.63. The Morgan fingerprint density at radius 3 is 2.39 bits per heavy atom. The Morgan fingerprint density at radius 1 is 1.33 bits per heavy atom. The van der Waals surface area contributed by atoms with Gasteiger partial charge in [0.05, 0.1) is 5.56 Å². The molecule has 0 unspecified atom stereocenters. The number of pyridine rings is 1. The van der Waals surface area contributed by atoms with Crippen molar-refractivity contribution in [2.75, 3.05) is 5.73 Å². The molecule has 4 heteroatoms. The maximum absolute atomic E-state index is 10.5. The summed E-state index contributed by atoms with van der Waals surface area (Å²) in [5, 5.41) is 0. The monoisotopic (exact) mass is 249 g/mol. The molecule has 1 aliphatic rings. The number of carbonyl (C=O) groups is 1. The van der Waals surface area contributed by atoms with Crippen LogP contribution in [0.4, 0.5) is 5.82 Å². The highest BCUT2D eigenvalue weighted by atomic mass is 16.1. The molecule has 4 nitrogen and oxygen atoms in total. The Morgan fingerprint density at radius 2 is 2.00 bits per heavy atom. The fourth-order valence-corrected chi connectivity index (χ4v) is 2.15. The fourth-order valence-electron chi connectivity index (χ4n) is 2.15. The largest absolute Gasteiger partial charge is 0.384 e. The summed E-state index contributed by atoms with van der Waals surface area (Å²) in [4.78, 5) is 14.1. The first-order valence-corrected chi connectivity index (χ1v) is 6.64. The summed E-state index contributed by atoms with van der Waals surface area (Å²) in [5.41, 5.74) is 10.6. The second-order valence-electron chi connectivity index (χ2n) is 4.75. The standard InChI is InChI=1S/C8H16.C6H7N3O/c1-2-8-6-4-3-5-7-8;7-5-2-1-4(3-9-5)6(8)10/h8H,2-7H2,1H3;1-3H,(H2,7,9)(H2,8,10). The molecule has 1 fully saturated rings. The van der Waals surface area contributed by atoms with Crippen molar-refractivity contribution in [3.8, 4) is 0 Å². The molecular formula is C14H23N3O. The van der Waals surface area contributed by atoms with E-state index in [2.05, 4.69) is 11.9 Å². The van der Waals surface area contributed by atoms with Crippen molar-refractivity contribution in [1.82, 2.24) is 4.98 Å². The molecule has 1 aliphatic carbocycles. The zero-order valence-corrected chi connectivity index (χ0v) is 11.1. The average Bonchev–Trinajstić information content (AvgIpc) is 2.41. The van der Waals surface area contributed by atoms with E-state index in [4.69, 9.17) is 11.5 Å². The second-order valence-corrected chi connectivity index (χ2v) is 4.75. The molecule has 1 aromatic heterocycles. The van der Waals surface area contributed by atoms with Crippen molar-refractivity contribution in [3.05, 3.63) is 23.9 Å². The third-order valence-corrected chi connectivity index (χ3v) is 3.37. The van der Waals surface area contributed by atoms with Gasteiger partial charge >= 0.3 is 0 Å². The van der Waals surface area contributed by atoms with Gasteiger partial charge in [-0.3, -0.25) is 4.79 Å². The zero-order valence-electron chi connectivity index (χ0n) is 11.1. The number of primary amides is 1. The van der Waals surface area contributed by atoms with Crippen LogP contribution < -0.4 is 11.5 Å². The minimum absolute atomic E-state index is 0.370. The Labute approximate surface area is 109 Å². The van der Waals surface area contributed by atoms with Gasteiger partial charge in [-0.05, 0) is 18.1 Å². The van der Waals surface area contributed by atoms with E-state index in [1.165, 1.54) is 56.9 Å². The lowest BCUT2D eigenvalue weighted by atomic mass is 9.88. The minimum atomic E-state index is -0.493. The predicted octanol–water partition coefficient (Wildman–Crippen LogP) is 2.74. The van der Waals surface area contributed by atoms with Gasteiger partial charge in [0.15, 0.2) is 0 Å². The van der Waals surface area contributed by atoms with E-state index >= 15 is 0 Å². The number of nitrogen functional groups attached to an aromatic ring is 1. The Kier molecular flexibility index (Phi) is 6.19. The molecule has 0 bridgehead atoms. The van der Waals surface area contributed by atoms with Crippen molar-refractivity contribution < 1.29 is 4.79 Å². The van der Waals surface area contributed by atoms with Gasteiger partial charge in [-0.25, -0.2) is 4.98 Å². The number of nitrogens with zero attached hydrogens (tertiary/aromatic N) is 1. The molecule has 0 aliphatic heterocycles. The predicted molar refractivity (Wildman–Crippen MR) is 74.0 cm³/mol. The van der Waals surface area contributed by atoms with Crippen LogP contribution in [0.3, 0.4) is 0 Å². The van der Waals surface area contributed by atoms with Crippen molar-refractivity contribution in [1.29, 1.82) is 0 Å². The third kappa shape index (κ3) is 5.17. The molecule has 0 aromatic carbocycles. The van der Waals surface area contributed by atoms with E-state index < -0.39 is 5.91 Å². The Hall–Kier alpha value is -1.58. The Bertz CT molecular complexity index is 356. The molecule has 0 spiro atoms. The molecule has 0 atom stereocenters. The lowest BCUT2D eigenvalue weighted by Gasteiger charge is -2.18. The number of nitrogens with two attached hydrogens (primary N) is 2. The number of hydrogen-bond acceptors (Lipinski definition) is 3. The topological polar surface area (TPSA) is 82.0 Å². The van der Waals surface area contributed by atoms with E-state index in [-0.39, 0.29) is 0 Å². The average molecular weight is 249 g/mol. The van der Waals surface area contributed by atoms with Crippen LogP contribution in [0.2, 0.25) is 0 Å². The van der Waals surface area contributed by atoms with Crippen molar-refractivity contribution >= 4 is 11.7 Å². The first kappa shape index (κ1) is 14.5. The van der Waals surface area contributed by atoms with Crippen LogP contribution in [0.15, 0.2) is 18.3 Å². The molecule has 1 saturated carbocycles. The normalized spacial score (nSPS) is 15.6. The van der Waals surface area contributed by atoms with Gasteiger partial charge in [0.1, 0.15) is 5.82 Å². The van der Waals surface area contributed by atoms with Crippen LogP contribution in [-0.4, -0.2) is 10.9 Å². The molecule has 0 radical (unpaired) electrons. The Balaban J connectivity index is 0.000000184. The molecule has 1 amide bonds. The van der Waals surface area contributed by atoms with Gasteiger partial charge in [-0.1, -0.05) is 45.4 Å². The summed E-state index contributed by atoms with van der Waals surface area (Å²) in [7, 11) is 0. The smallest absolute Gasteiger partial charge is 0.250 e. The van der Waals surface area contributed by atoms with Crippen molar-refractivity contribution in [2.24, 2.45) is 11.7 Å². The maximum Gasteiger partial charge on any atom is 0.250 e. The second kappa shape index (κ2) is 7.69. The molecular weight excluding hydrogens is 226 g/mol. The summed E-state index contributed by atoms with van der Waals surface area (Å²) >= 11 is 0. The van der Waals surface area contributed by atoms with Crippen LogP contribution in [-0.2, 0) is 0 Å². The summed E-state index contributed by atoms with van der Waals surface area (Å²) in [6.07, 6.45) is 10.3. The van der Waals surface area contributed by atoms with Gasteiger partial charge in [0.2, 0.25) is 5.91 Å². The van der Waals surface area contributed by atoms with E-state index in [1.807, 2.05) is 0 Å². The number of rotatable bonds is 2. The van der Waals surface area contributed by atoms with E-state index in [0.717, 1.165) is 5.92 Å². The summed E-state index contributed by atoms with van der Waals surface area (Å²) in [6.45, 7) is 2.32. The van der Waals surface area contributed by atoms with Crippen LogP contribution in [0, 0.1) is 5.92 Å². The number of amides is 1. The summed E-state index contributed by atoms with van der Waals surface area (Å²) in [5.74, 6) is 0.973. The lowest BCUT2D eigenvalue weighted by molar-refractivity contribution is 0.1000. The number of hydrogen-bond donors (Lipinski definition) is 2. The van der Waals surface area contributed by atoms with Gasteiger partial charge in [0.25, 0.3) is 0 Å². The lowest BCUT2D eigenvalue weighted by Crippen LogP contribution is -2.11. The van der Waals surface area contributed by atoms with Crippen LogP contribution in [0.1, 0.15) is 55.8 Å². The van der Waals surface area contributed by atoms with Crippen LogP contribution >= 0.6 is 0 Å². The molecule has 18 heavy (non-hydrogen) atoms. The number of carbonyl (C=O) groups excluding carboxylic acids is 1. The number of aromatic nitrogens is 1. The third-order valence-electron chi connectivity index (χ3n) is 3.37. The van der Waals surface area contributed by atoms with Gasteiger partial charge in [-0.2, -0.15) is 0 Å². The summed E-state index contributed by atoms with van der Waals surface area (Å²) < 4.78 is 0. The van der Waals surface area contributed by atoms with E-state index in [1.54, 1.807) is 0 Å². The number of anilines is 1. The van der Waals surface area contributed by atoms with Gasteiger partial charge in [-0.15, -0.1) is 0 Å². The maximum atomic E-state index is 10.5. The van der Waals surface area contributed by atoms with Crippen LogP contribution in [0.5, 0.6) is 0 Å². The van der Waals surface area contributed by atoms with E-state index in [0.29, 0.717) is 11.4 Å². The molecule has 0 saturated heterocycles. The fraction of sp³-hybridized carbons (Fsp3) is 0.571. The molecule has 4 N–H and O–H groups in total. The highest BCUT2D eigenvalue weighted by Gasteiger charge is 2.09. The zero-order chi connectivity index (χ0) is 13.4. The summed E-state index contributed by atoms with van der Waals surface area (Å²) in [6, 6.07) is 3.06. The molecule has 1 heterocycles. The van der Waals surface area contributed by atoms with Crippen LogP contribution in [0.25, 0.3) is 0 Å². The highest BCUT2D eigenvalue weighted by molar-refractivity contribution is 5.92. The highest BCUT2D eigenvalue weighted by Crippen LogP contribution is 2.25. The minimum Gasteiger partial charge on any atom is -0.384 e. The first-order valence-electron chi connectivity index (χ1n) is 6.64. The molecule has 1 aromatic rings. The SMILES string of the molecule is CCC1CCCCC1.NC(=O)c1ccc(N)nc1. The van der Waals surface area contributed by atoms with Crippen molar-refractivity contribution in [2.45, 2.75) is 45.4 Å². The van der Waals surface area contributed by atoms with Gasteiger partial charge in [0, 0.05) is 6.20 Å². The molecule has 100 valence electrons.